The van der Waals surface area contributed by atoms with Crippen LogP contribution < -0.4 is 0 Å². The molecule has 4 aromatic carbocycles. The maximum absolute atomic E-state index is 11.4. The van der Waals surface area contributed by atoms with Crippen molar-refractivity contribution in [3.8, 4) is 0 Å². The van der Waals surface area contributed by atoms with Gasteiger partial charge < -0.3 is 9.11 Å². The van der Waals surface area contributed by atoms with E-state index >= 15 is 0 Å². The molecule has 0 spiro atoms. The van der Waals surface area contributed by atoms with Crippen LogP contribution in [0.4, 0.5) is 0 Å². The zero-order chi connectivity index (χ0) is 36.2. The second kappa shape index (κ2) is 24.7. The predicted octanol–water partition coefficient (Wildman–Crippen LogP) is 11.3. The van der Waals surface area contributed by atoms with E-state index in [2.05, 4.69) is 13.8 Å². The van der Waals surface area contributed by atoms with Gasteiger partial charge >= 0.3 is 37.7 Å². The van der Waals surface area contributed by atoms with Gasteiger partial charge in [-0.2, -0.15) is 0 Å². The van der Waals surface area contributed by atoms with E-state index in [-0.39, 0.29) is 47.5 Å². The summed E-state index contributed by atoms with van der Waals surface area (Å²) in [5.41, 5.74) is 2.26. The molecule has 0 bridgehead atoms. The molecule has 276 valence electrons. The van der Waals surface area contributed by atoms with E-state index in [1.165, 1.54) is 115 Å². The molecule has 0 unspecified atom stereocenters. The molecule has 0 saturated carbocycles. The van der Waals surface area contributed by atoms with Crippen molar-refractivity contribution in [1.82, 2.24) is 0 Å². The van der Waals surface area contributed by atoms with E-state index < -0.39 is 20.2 Å². The first-order valence-corrected chi connectivity index (χ1v) is 21.8. The molecule has 0 radical (unpaired) electrons. The Kier molecular flexibility index (Phi) is 22.1. The summed E-state index contributed by atoms with van der Waals surface area (Å²) >= 11 is 0. The number of aryl methyl sites for hydroxylation is 2. The van der Waals surface area contributed by atoms with Crippen molar-refractivity contribution < 1.29 is 25.9 Å². The molecule has 0 aromatic heterocycles. The van der Waals surface area contributed by atoms with Crippen LogP contribution >= 0.6 is 0 Å². The predicted molar refractivity (Wildman–Crippen MR) is 211 cm³/mol. The minimum absolute atomic E-state index is 0. The quantitative estimate of drug-likeness (QED) is 0.0447. The van der Waals surface area contributed by atoms with E-state index in [0.29, 0.717) is 10.8 Å². The average Bonchev–Trinajstić information content (AvgIpc) is 3.09. The summed E-state index contributed by atoms with van der Waals surface area (Å²) in [6, 6.07) is 21.1. The van der Waals surface area contributed by atoms with Crippen molar-refractivity contribution in [3.63, 3.8) is 0 Å². The normalized spacial score (nSPS) is 11.7. The largest absolute Gasteiger partial charge is 2.00 e. The molecule has 0 aliphatic rings. The summed E-state index contributed by atoms with van der Waals surface area (Å²) in [7, 11) is -8.88. The van der Waals surface area contributed by atoms with Crippen LogP contribution in [0.2, 0.25) is 0 Å². The van der Waals surface area contributed by atoms with Gasteiger partial charge in [0.1, 0.15) is 20.2 Å². The van der Waals surface area contributed by atoms with Gasteiger partial charge in [-0.05, 0) is 70.5 Å². The minimum atomic E-state index is -4.44. The number of unbranched alkanes of at least 4 members (excludes halogenated alkanes) is 16. The van der Waals surface area contributed by atoms with Gasteiger partial charge in [0.25, 0.3) is 0 Å². The molecular formula is C42H58CaO6S2. The van der Waals surface area contributed by atoms with Gasteiger partial charge in [-0.3, -0.25) is 0 Å². The maximum atomic E-state index is 11.4. The number of fused-ring (bicyclic) bond motifs is 2. The smallest absolute Gasteiger partial charge is 0.744 e. The monoisotopic (exact) mass is 762 g/mol. The van der Waals surface area contributed by atoms with Gasteiger partial charge in [0, 0.05) is 0 Å². The second-order valence-corrected chi connectivity index (χ2v) is 16.3. The fourth-order valence-electron chi connectivity index (χ4n) is 6.82. The fraction of sp³-hybridized carbons (Fsp3) is 0.524. The molecular weight excluding hydrogens is 705 g/mol. The van der Waals surface area contributed by atoms with Gasteiger partial charge in [-0.1, -0.05) is 177 Å². The molecule has 0 saturated heterocycles. The van der Waals surface area contributed by atoms with Crippen LogP contribution in [0.15, 0.2) is 82.6 Å². The van der Waals surface area contributed by atoms with Crippen LogP contribution in [-0.4, -0.2) is 63.7 Å². The van der Waals surface area contributed by atoms with Gasteiger partial charge in [0.2, 0.25) is 0 Å². The molecule has 0 aliphatic heterocycles. The Balaban J connectivity index is 0.000000347. The van der Waals surface area contributed by atoms with E-state index in [1.807, 2.05) is 36.4 Å². The van der Waals surface area contributed by atoms with Gasteiger partial charge in [-0.25, -0.2) is 16.8 Å². The standard InChI is InChI=1S/2C21H30O3S.Ca/c2*1-2-3-4-5-6-7-8-9-10-13-18-14-11-16-20-19(18)15-12-17-21(20)25(22,23)24;/h2*11-12,14-17H,2-10,13H2,1H3,(H,22,23,24);/q;;+2/p-2. The van der Waals surface area contributed by atoms with Crippen LogP contribution in [0, 0.1) is 0 Å². The number of hydrogen-bond donors (Lipinski definition) is 0. The summed E-state index contributed by atoms with van der Waals surface area (Å²) in [4.78, 5) is -0.224. The van der Waals surface area contributed by atoms with Crippen LogP contribution in [0.5, 0.6) is 0 Å². The first-order chi connectivity index (χ1) is 24.1. The Hall–Kier alpha value is -1.52. The number of hydrogen-bond acceptors (Lipinski definition) is 6. The summed E-state index contributed by atoms with van der Waals surface area (Å²) in [6.45, 7) is 4.48. The van der Waals surface area contributed by atoms with Crippen molar-refractivity contribution >= 4 is 79.5 Å². The molecule has 0 atom stereocenters. The number of benzene rings is 4. The van der Waals surface area contributed by atoms with Crippen LogP contribution in [0.25, 0.3) is 21.5 Å². The average molecular weight is 763 g/mol. The van der Waals surface area contributed by atoms with Gasteiger partial charge in [-0.15, -0.1) is 0 Å². The van der Waals surface area contributed by atoms with E-state index in [0.717, 1.165) is 47.6 Å². The zero-order valence-electron chi connectivity index (χ0n) is 31.0. The van der Waals surface area contributed by atoms with Crippen molar-refractivity contribution in [1.29, 1.82) is 0 Å². The number of rotatable bonds is 22. The molecule has 51 heavy (non-hydrogen) atoms. The summed E-state index contributed by atoms with van der Waals surface area (Å²) < 4.78 is 68.6. The van der Waals surface area contributed by atoms with E-state index in [9.17, 15) is 25.9 Å². The van der Waals surface area contributed by atoms with Crippen molar-refractivity contribution in [2.75, 3.05) is 0 Å². The first-order valence-electron chi connectivity index (χ1n) is 19.0. The Bertz CT molecular complexity index is 1670. The topological polar surface area (TPSA) is 114 Å². The molecule has 0 N–H and O–H groups in total. The second-order valence-electron chi connectivity index (χ2n) is 13.6. The third-order valence-corrected chi connectivity index (χ3v) is 11.4. The van der Waals surface area contributed by atoms with Crippen molar-refractivity contribution in [2.24, 2.45) is 0 Å². The first kappa shape index (κ1) is 45.6. The Morgan fingerprint density at radius 2 is 0.667 bits per heavy atom. The molecule has 4 aromatic rings. The van der Waals surface area contributed by atoms with E-state index in [1.54, 1.807) is 24.3 Å². The van der Waals surface area contributed by atoms with E-state index in [4.69, 9.17) is 0 Å². The zero-order valence-corrected chi connectivity index (χ0v) is 34.9. The Morgan fingerprint density at radius 3 is 0.980 bits per heavy atom. The third-order valence-electron chi connectivity index (χ3n) is 9.58. The van der Waals surface area contributed by atoms with Gasteiger partial charge in [0.05, 0.1) is 9.79 Å². The Morgan fingerprint density at radius 1 is 0.392 bits per heavy atom. The Labute approximate surface area is 338 Å². The molecule has 9 heteroatoms. The maximum Gasteiger partial charge on any atom is 2.00 e. The summed E-state index contributed by atoms with van der Waals surface area (Å²) in [5.74, 6) is 0. The SMILES string of the molecule is CCCCCCCCCCCc1cccc2c(S(=O)(=O)[O-])cccc12.CCCCCCCCCCCc1cccc2c(S(=O)(=O)[O-])cccc12.[Ca+2]. The van der Waals surface area contributed by atoms with Gasteiger partial charge in [0.15, 0.2) is 0 Å². The summed E-state index contributed by atoms with van der Waals surface area (Å²) in [5, 5.41) is 2.87. The minimum Gasteiger partial charge on any atom is -0.744 e. The molecule has 6 nitrogen and oxygen atoms in total. The van der Waals surface area contributed by atoms with Crippen LogP contribution in [0.3, 0.4) is 0 Å². The summed E-state index contributed by atoms with van der Waals surface area (Å²) in [6.07, 6.45) is 24.9. The van der Waals surface area contributed by atoms with Crippen LogP contribution in [0.1, 0.15) is 141 Å². The molecule has 0 amide bonds. The third kappa shape index (κ3) is 16.2. The molecule has 0 aliphatic carbocycles. The molecule has 4 rings (SSSR count). The van der Waals surface area contributed by atoms with Crippen molar-refractivity contribution in [2.45, 2.75) is 152 Å². The van der Waals surface area contributed by atoms with Crippen LogP contribution in [-0.2, 0) is 33.1 Å². The molecule has 0 heterocycles. The van der Waals surface area contributed by atoms with Crippen molar-refractivity contribution in [3.05, 3.63) is 83.9 Å². The fourth-order valence-corrected chi connectivity index (χ4v) is 8.20. The molecule has 0 fully saturated rings.